The summed E-state index contributed by atoms with van der Waals surface area (Å²) in [6.07, 6.45) is 1.00. The summed E-state index contributed by atoms with van der Waals surface area (Å²) in [4.78, 5) is 12.3. The van der Waals surface area contributed by atoms with Crippen LogP contribution >= 0.6 is 8.58 Å². The summed E-state index contributed by atoms with van der Waals surface area (Å²) in [7, 11) is 3.42. The highest BCUT2D eigenvalue weighted by Gasteiger charge is 2.20. The molecule has 0 radical (unpaired) electrons. The molecule has 0 aliphatic rings. The van der Waals surface area contributed by atoms with Crippen LogP contribution in [0.2, 0.25) is 0 Å². The first kappa shape index (κ1) is 15.0. The van der Waals surface area contributed by atoms with E-state index < -0.39 is 0 Å². The second kappa shape index (κ2) is 6.75. The third-order valence-electron chi connectivity index (χ3n) is 2.87. The highest BCUT2D eigenvalue weighted by molar-refractivity contribution is 7.59. The van der Waals surface area contributed by atoms with Crippen LogP contribution in [0.15, 0.2) is 12.1 Å². The van der Waals surface area contributed by atoms with Crippen LogP contribution in [0.25, 0.3) is 0 Å². The number of ether oxygens (including phenoxy) is 2. The Morgan fingerprint density at radius 1 is 1.28 bits per heavy atom. The van der Waals surface area contributed by atoms with E-state index in [1.54, 1.807) is 14.2 Å². The fourth-order valence-electron chi connectivity index (χ4n) is 1.66. The molecule has 1 aromatic rings. The van der Waals surface area contributed by atoms with Crippen LogP contribution in [0.5, 0.6) is 11.5 Å². The fourth-order valence-corrected chi connectivity index (χ4v) is 2.71. The summed E-state index contributed by atoms with van der Waals surface area (Å²) >= 11 is 0. The minimum atomic E-state index is 0.109. The van der Waals surface area contributed by atoms with Gasteiger partial charge in [-0.1, -0.05) is 13.8 Å². The Morgan fingerprint density at radius 2 is 1.78 bits per heavy atom. The lowest BCUT2D eigenvalue weighted by atomic mass is 10.1. The molecule has 0 amide bonds. The summed E-state index contributed by atoms with van der Waals surface area (Å²) in [6.45, 7) is 6.13. The molecule has 0 saturated carbocycles. The zero-order valence-electron chi connectivity index (χ0n) is 11.7. The Morgan fingerprint density at radius 3 is 2.17 bits per heavy atom. The number of methoxy groups -OCH3 is 2. The van der Waals surface area contributed by atoms with Gasteiger partial charge >= 0.3 is 0 Å². The third kappa shape index (κ3) is 3.46. The maximum absolute atomic E-state index is 12.3. The van der Waals surface area contributed by atoms with E-state index in [9.17, 15) is 4.79 Å². The highest BCUT2D eigenvalue weighted by atomic mass is 31.1. The molecule has 2 atom stereocenters. The van der Waals surface area contributed by atoms with Gasteiger partial charge in [-0.05, 0) is 45.3 Å². The molecule has 2 unspecified atom stereocenters. The zero-order chi connectivity index (χ0) is 13.7. The average molecular weight is 268 g/mol. The fraction of sp³-hybridized carbons (Fsp3) is 0.500. The van der Waals surface area contributed by atoms with Crippen molar-refractivity contribution in [2.45, 2.75) is 32.9 Å². The van der Waals surface area contributed by atoms with Gasteiger partial charge in [0.25, 0.3) is 0 Å². The van der Waals surface area contributed by atoms with Gasteiger partial charge in [-0.2, -0.15) is 0 Å². The molecule has 18 heavy (non-hydrogen) atoms. The van der Waals surface area contributed by atoms with Crippen LogP contribution in [0.1, 0.15) is 36.2 Å². The van der Waals surface area contributed by atoms with E-state index >= 15 is 0 Å². The van der Waals surface area contributed by atoms with Gasteiger partial charge in [0.05, 0.1) is 14.2 Å². The normalized spacial score (nSPS) is 12.7. The lowest BCUT2D eigenvalue weighted by Crippen LogP contribution is -2.04. The maximum atomic E-state index is 12.3. The van der Waals surface area contributed by atoms with Crippen LogP contribution < -0.4 is 9.47 Å². The molecule has 3 nitrogen and oxygen atoms in total. The van der Waals surface area contributed by atoms with Gasteiger partial charge in [0.1, 0.15) is 17.1 Å². The predicted octanol–water partition coefficient (Wildman–Crippen LogP) is 3.63. The summed E-state index contributed by atoms with van der Waals surface area (Å²) in [5.74, 6) is 1.21. The Balaban J connectivity index is 3.16. The second-order valence-electron chi connectivity index (χ2n) is 4.33. The number of aryl methyl sites for hydroxylation is 1. The molecule has 4 heteroatoms. The molecular formula is C14H21O3P. The Bertz CT molecular complexity index is 404. The number of rotatable bonds is 6. The predicted molar refractivity (Wildman–Crippen MR) is 76.7 cm³/mol. The molecule has 0 bridgehead atoms. The minimum absolute atomic E-state index is 0.109. The standard InChI is InChI=1S/C14H21O3P/c1-6-10(3)18-14(15)13-11(16-4)7-9(2)8-12(13)17-5/h7-8,10,18H,6H2,1-5H3. The van der Waals surface area contributed by atoms with E-state index in [0.717, 1.165) is 12.0 Å². The van der Waals surface area contributed by atoms with Gasteiger partial charge in [-0.15, -0.1) is 0 Å². The molecule has 0 aliphatic heterocycles. The number of carbonyl (C=O) groups excluding carboxylic acids is 1. The van der Waals surface area contributed by atoms with E-state index in [-0.39, 0.29) is 14.1 Å². The van der Waals surface area contributed by atoms with Crippen LogP contribution in [0, 0.1) is 6.92 Å². The molecule has 0 aliphatic carbocycles. The van der Waals surface area contributed by atoms with Crippen molar-refractivity contribution in [3.63, 3.8) is 0 Å². The molecule has 0 heterocycles. The molecule has 0 saturated heterocycles. The molecular weight excluding hydrogens is 247 g/mol. The van der Waals surface area contributed by atoms with Crippen LogP contribution in [0.3, 0.4) is 0 Å². The van der Waals surface area contributed by atoms with Crippen molar-refractivity contribution >= 4 is 14.1 Å². The summed E-state index contributed by atoms with van der Waals surface area (Å²) in [5.41, 5.74) is 2.10. The van der Waals surface area contributed by atoms with Crippen LogP contribution in [-0.4, -0.2) is 25.4 Å². The first-order valence-electron chi connectivity index (χ1n) is 6.06. The maximum Gasteiger partial charge on any atom is 0.188 e. The Hall–Kier alpha value is -1.08. The molecule has 100 valence electrons. The lowest BCUT2D eigenvalue weighted by molar-refractivity contribution is 0.107. The summed E-state index contributed by atoms with van der Waals surface area (Å²) < 4.78 is 10.6. The van der Waals surface area contributed by atoms with Crippen molar-refractivity contribution < 1.29 is 14.3 Å². The van der Waals surface area contributed by atoms with Crippen LogP contribution in [-0.2, 0) is 0 Å². The Kier molecular flexibility index (Phi) is 5.61. The van der Waals surface area contributed by atoms with Crippen LogP contribution in [0.4, 0.5) is 0 Å². The molecule has 1 aromatic carbocycles. The van der Waals surface area contributed by atoms with E-state index in [0.29, 0.717) is 22.7 Å². The van der Waals surface area contributed by atoms with Crippen molar-refractivity contribution in [3.8, 4) is 11.5 Å². The summed E-state index contributed by atoms with van der Waals surface area (Å²) in [6, 6.07) is 3.74. The largest absolute Gasteiger partial charge is 0.496 e. The number of hydrogen-bond acceptors (Lipinski definition) is 3. The van der Waals surface area contributed by atoms with E-state index in [4.69, 9.17) is 9.47 Å². The number of hydrogen-bond donors (Lipinski definition) is 0. The van der Waals surface area contributed by atoms with Gasteiger partial charge in [0.2, 0.25) is 0 Å². The van der Waals surface area contributed by atoms with Gasteiger partial charge in [0, 0.05) is 0 Å². The molecule has 0 N–H and O–H groups in total. The van der Waals surface area contributed by atoms with Crippen molar-refractivity contribution in [1.29, 1.82) is 0 Å². The topological polar surface area (TPSA) is 35.5 Å². The minimum Gasteiger partial charge on any atom is -0.496 e. The van der Waals surface area contributed by atoms with Gasteiger partial charge in [0.15, 0.2) is 5.52 Å². The first-order valence-corrected chi connectivity index (χ1v) is 7.14. The van der Waals surface area contributed by atoms with Crippen molar-refractivity contribution in [2.24, 2.45) is 0 Å². The van der Waals surface area contributed by atoms with Gasteiger partial charge in [-0.3, -0.25) is 4.79 Å². The van der Waals surface area contributed by atoms with E-state index in [2.05, 4.69) is 13.8 Å². The quantitative estimate of drug-likeness (QED) is 0.739. The van der Waals surface area contributed by atoms with Crippen molar-refractivity contribution in [1.82, 2.24) is 0 Å². The van der Waals surface area contributed by atoms with Gasteiger partial charge < -0.3 is 9.47 Å². The second-order valence-corrected chi connectivity index (χ2v) is 6.06. The number of carbonyl (C=O) groups is 1. The monoisotopic (exact) mass is 268 g/mol. The van der Waals surface area contributed by atoms with Gasteiger partial charge in [-0.25, -0.2) is 0 Å². The van der Waals surface area contributed by atoms with E-state index in [1.165, 1.54) is 0 Å². The Labute approximate surface area is 111 Å². The molecule has 0 aromatic heterocycles. The van der Waals surface area contributed by atoms with Crippen molar-refractivity contribution in [2.75, 3.05) is 14.2 Å². The van der Waals surface area contributed by atoms with E-state index in [1.807, 2.05) is 19.1 Å². The zero-order valence-corrected chi connectivity index (χ0v) is 12.7. The third-order valence-corrected chi connectivity index (χ3v) is 4.28. The molecule has 1 rings (SSSR count). The average Bonchev–Trinajstić information content (AvgIpc) is 2.36. The summed E-state index contributed by atoms with van der Waals surface area (Å²) in [5, 5.41) is 0. The van der Waals surface area contributed by atoms with Crippen molar-refractivity contribution in [3.05, 3.63) is 23.3 Å². The first-order chi connectivity index (χ1) is 8.53. The number of benzene rings is 1. The smallest absolute Gasteiger partial charge is 0.188 e. The lowest BCUT2D eigenvalue weighted by Gasteiger charge is -2.15. The highest BCUT2D eigenvalue weighted by Crippen LogP contribution is 2.37. The molecule has 0 spiro atoms. The SMILES string of the molecule is CCC(C)PC(=O)c1c(OC)cc(C)cc1OC. The molecule has 0 fully saturated rings.